The number of hydrogen-bond acceptors (Lipinski definition) is 4. The number of nitrogens with one attached hydrogen (secondary N) is 2. The SMILES string of the molecule is CCNC(=NCCCOc1ccccc1)NCCN1CCN(C(=O)C2CCCC2)CC1. The minimum atomic E-state index is 0.296. The normalized spacial score (nSPS) is 18.2. The van der Waals surface area contributed by atoms with Crippen molar-refractivity contribution in [1.29, 1.82) is 0 Å². The molecule has 2 fully saturated rings. The molecule has 0 unspecified atom stereocenters. The van der Waals surface area contributed by atoms with Gasteiger partial charge >= 0.3 is 0 Å². The van der Waals surface area contributed by atoms with Crippen LogP contribution in [0.3, 0.4) is 0 Å². The van der Waals surface area contributed by atoms with Crippen LogP contribution in [-0.4, -0.2) is 80.6 Å². The number of para-hydroxylation sites is 1. The van der Waals surface area contributed by atoms with E-state index in [2.05, 4.69) is 32.3 Å². The Hall–Kier alpha value is -2.28. The van der Waals surface area contributed by atoms with Gasteiger partial charge in [0.2, 0.25) is 5.91 Å². The van der Waals surface area contributed by atoms with Crippen molar-refractivity contribution in [1.82, 2.24) is 20.4 Å². The number of nitrogens with zero attached hydrogens (tertiary/aromatic N) is 3. The first kappa shape index (κ1) is 23.4. The molecular formula is C24H39N5O2. The lowest BCUT2D eigenvalue weighted by Crippen LogP contribution is -2.51. The van der Waals surface area contributed by atoms with Crippen LogP contribution in [0.15, 0.2) is 35.3 Å². The minimum absolute atomic E-state index is 0.296. The molecule has 1 heterocycles. The van der Waals surface area contributed by atoms with E-state index in [-0.39, 0.29) is 0 Å². The van der Waals surface area contributed by atoms with Crippen LogP contribution in [0.5, 0.6) is 5.75 Å². The standard InChI is InChI=1S/C24H39N5O2/c1-2-25-24(26-13-8-20-31-22-11-4-3-5-12-22)27-14-15-28-16-18-29(19-17-28)23(30)21-9-6-7-10-21/h3-5,11-12,21H,2,6-10,13-20H2,1H3,(H2,25,26,27). The number of hydrogen-bond donors (Lipinski definition) is 2. The van der Waals surface area contributed by atoms with Gasteiger partial charge in [0, 0.05) is 64.7 Å². The number of ether oxygens (including phenoxy) is 1. The molecule has 1 aromatic carbocycles. The molecule has 172 valence electrons. The largest absolute Gasteiger partial charge is 0.494 e. The molecule has 0 bridgehead atoms. The molecule has 0 atom stereocenters. The Kier molecular flexibility index (Phi) is 9.96. The van der Waals surface area contributed by atoms with Gasteiger partial charge < -0.3 is 20.3 Å². The highest BCUT2D eigenvalue weighted by Gasteiger charge is 2.29. The maximum absolute atomic E-state index is 12.6. The molecule has 3 rings (SSSR count). The maximum Gasteiger partial charge on any atom is 0.225 e. The van der Waals surface area contributed by atoms with Crippen molar-refractivity contribution in [3.05, 3.63) is 30.3 Å². The number of piperazine rings is 1. The first-order valence-electron chi connectivity index (χ1n) is 12.0. The minimum Gasteiger partial charge on any atom is -0.494 e. The summed E-state index contributed by atoms with van der Waals surface area (Å²) in [6, 6.07) is 9.89. The number of carbonyl (C=O) groups is 1. The first-order chi connectivity index (χ1) is 15.3. The van der Waals surface area contributed by atoms with Crippen LogP contribution in [0.1, 0.15) is 39.0 Å². The Balaban J connectivity index is 1.29. The van der Waals surface area contributed by atoms with Crippen molar-refractivity contribution in [2.75, 3.05) is 59.0 Å². The molecule has 1 saturated heterocycles. The molecule has 2 aliphatic rings. The van der Waals surface area contributed by atoms with Gasteiger partial charge in [0.15, 0.2) is 5.96 Å². The third-order valence-corrected chi connectivity index (χ3v) is 6.04. The monoisotopic (exact) mass is 429 g/mol. The van der Waals surface area contributed by atoms with Crippen molar-refractivity contribution < 1.29 is 9.53 Å². The van der Waals surface area contributed by atoms with Crippen molar-refractivity contribution in [2.24, 2.45) is 10.9 Å². The average molecular weight is 430 g/mol. The summed E-state index contributed by atoms with van der Waals surface area (Å²) in [7, 11) is 0. The fourth-order valence-corrected chi connectivity index (χ4v) is 4.26. The molecule has 2 N–H and O–H groups in total. The summed E-state index contributed by atoms with van der Waals surface area (Å²) in [4.78, 5) is 21.7. The molecule has 31 heavy (non-hydrogen) atoms. The van der Waals surface area contributed by atoms with E-state index < -0.39 is 0 Å². The Morgan fingerprint density at radius 3 is 2.55 bits per heavy atom. The van der Waals surface area contributed by atoms with E-state index in [1.54, 1.807) is 0 Å². The molecule has 1 aliphatic carbocycles. The summed E-state index contributed by atoms with van der Waals surface area (Å²) in [5, 5.41) is 6.74. The second kappa shape index (κ2) is 13.2. The smallest absolute Gasteiger partial charge is 0.225 e. The first-order valence-corrected chi connectivity index (χ1v) is 12.0. The van der Waals surface area contributed by atoms with Crippen LogP contribution in [0.25, 0.3) is 0 Å². The number of rotatable bonds is 10. The number of guanidine groups is 1. The summed E-state index contributed by atoms with van der Waals surface area (Å²) in [5.41, 5.74) is 0. The summed E-state index contributed by atoms with van der Waals surface area (Å²) < 4.78 is 5.72. The number of carbonyl (C=O) groups excluding carboxylic acids is 1. The quantitative estimate of drug-likeness (QED) is 0.339. The number of benzene rings is 1. The summed E-state index contributed by atoms with van der Waals surface area (Å²) in [6.07, 6.45) is 5.50. The highest BCUT2D eigenvalue weighted by atomic mass is 16.5. The topological polar surface area (TPSA) is 69.2 Å². The van der Waals surface area contributed by atoms with Crippen molar-refractivity contribution in [3.63, 3.8) is 0 Å². The Bertz CT molecular complexity index is 668. The van der Waals surface area contributed by atoms with E-state index in [0.717, 1.165) is 83.3 Å². The zero-order valence-electron chi connectivity index (χ0n) is 19.0. The van der Waals surface area contributed by atoms with Gasteiger partial charge in [-0.1, -0.05) is 31.0 Å². The molecule has 0 aromatic heterocycles. The fourth-order valence-electron chi connectivity index (χ4n) is 4.26. The van der Waals surface area contributed by atoms with Gasteiger partial charge in [-0.25, -0.2) is 0 Å². The highest BCUT2D eigenvalue weighted by Crippen LogP contribution is 2.26. The van der Waals surface area contributed by atoms with Crippen molar-refractivity contribution in [2.45, 2.75) is 39.0 Å². The van der Waals surface area contributed by atoms with Gasteiger partial charge in [-0.2, -0.15) is 0 Å². The zero-order chi connectivity index (χ0) is 21.7. The predicted molar refractivity (Wildman–Crippen MR) is 126 cm³/mol. The second-order valence-electron chi connectivity index (χ2n) is 8.35. The molecule has 1 amide bonds. The Morgan fingerprint density at radius 2 is 1.84 bits per heavy atom. The number of amides is 1. The van der Waals surface area contributed by atoms with E-state index in [4.69, 9.17) is 4.74 Å². The van der Waals surface area contributed by atoms with Crippen LogP contribution in [0.2, 0.25) is 0 Å². The van der Waals surface area contributed by atoms with Gasteiger partial charge in [-0.05, 0) is 31.9 Å². The molecule has 0 spiro atoms. The van der Waals surface area contributed by atoms with Gasteiger partial charge in [0.25, 0.3) is 0 Å². The molecule has 1 saturated carbocycles. The lowest BCUT2D eigenvalue weighted by molar-refractivity contribution is -0.137. The lowest BCUT2D eigenvalue weighted by atomic mass is 10.1. The highest BCUT2D eigenvalue weighted by molar-refractivity contribution is 5.80. The molecular weight excluding hydrogens is 390 g/mol. The maximum atomic E-state index is 12.6. The second-order valence-corrected chi connectivity index (χ2v) is 8.35. The van der Waals surface area contributed by atoms with Crippen LogP contribution in [0.4, 0.5) is 0 Å². The van der Waals surface area contributed by atoms with E-state index in [9.17, 15) is 4.79 Å². The lowest BCUT2D eigenvalue weighted by Gasteiger charge is -2.36. The Labute approximate surface area is 187 Å². The van der Waals surface area contributed by atoms with Gasteiger partial charge in [0.1, 0.15) is 5.75 Å². The van der Waals surface area contributed by atoms with E-state index in [1.807, 2.05) is 30.3 Å². The van der Waals surface area contributed by atoms with E-state index in [0.29, 0.717) is 18.4 Å². The van der Waals surface area contributed by atoms with Gasteiger partial charge in [-0.15, -0.1) is 0 Å². The average Bonchev–Trinajstić information content (AvgIpc) is 3.34. The number of aliphatic imine (C=N–C) groups is 1. The summed E-state index contributed by atoms with van der Waals surface area (Å²) in [6.45, 7) is 9.78. The van der Waals surface area contributed by atoms with Crippen LogP contribution >= 0.6 is 0 Å². The van der Waals surface area contributed by atoms with Crippen molar-refractivity contribution in [3.8, 4) is 5.75 Å². The third kappa shape index (κ3) is 8.05. The van der Waals surface area contributed by atoms with Gasteiger partial charge in [0.05, 0.1) is 6.61 Å². The van der Waals surface area contributed by atoms with Crippen molar-refractivity contribution >= 4 is 11.9 Å². The Morgan fingerprint density at radius 1 is 1.10 bits per heavy atom. The fraction of sp³-hybridized carbons (Fsp3) is 0.667. The molecule has 1 aliphatic heterocycles. The predicted octanol–water partition coefficient (Wildman–Crippen LogP) is 2.35. The van der Waals surface area contributed by atoms with Crippen LogP contribution in [-0.2, 0) is 4.79 Å². The molecule has 0 radical (unpaired) electrons. The zero-order valence-corrected chi connectivity index (χ0v) is 19.0. The summed E-state index contributed by atoms with van der Waals surface area (Å²) >= 11 is 0. The van der Waals surface area contributed by atoms with E-state index >= 15 is 0 Å². The molecule has 7 nitrogen and oxygen atoms in total. The van der Waals surface area contributed by atoms with Gasteiger partial charge in [-0.3, -0.25) is 14.7 Å². The van der Waals surface area contributed by atoms with E-state index in [1.165, 1.54) is 12.8 Å². The van der Waals surface area contributed by atoms with Crippen LogP contribution in [0, 0.1) is 5.92 Å². The molecule has 7 heteroatoms. The van der Waals surface area contributed by atoms with Crippen LogP contribution < -0.4 is 15.4 Å². The third-order valence-electron chi connectivity index (χ3n) is 6.04. The molecule has 1 aromatic rings. The summed E-state index contributed by atoms with van der Waals surface area (Å²) in [5.74, 6) is 2.46.